The van der Waals surface area contributed by atoms with E-state index in [4.69, 9.17) is 14.6 Å². The summed E-state index contributed by atoms with van der Waals surface area (Å²) in [4.78, 5) is 8.77. The number of aliphatic hydroxyl groups excluding tert-OH is 1. The quantitative estimate of drug-likeness (QED) is 0.806. The highest BCUT2D eigenvalue weighted by Crippen LogP contribution is 2.23. The summed E-state index contributed by atoms with van der Waals surface area (Å²) in [6, 6.07) is 0. The molecule has 1 aromatic heterocycles. The first-order valence-corrected chi connectivity index (χ1v) is 5.46. The third-order valence-electron chi connectivity index (χ3n) is 2.59. The average Bonchev–Trinajstić information content (AvgIpc) is 2.35. The van der Waals surface area contributed by atoms with Gasteiger partial charge in [-0.3, -0.25) is 0 Å². The minimum Gasteiger partial charge on any atom is -0.481 e. The summed E-state index contributed by atoms with van der Waals surface area (Å²) >= 11 is 0. The molecule has 2 heterocycles. The van der Waals surface area contributed by atoms with Gasteiger partial charge in [-0.15, -0.1) is 0 Å². The predicted octanol–water partition coefficient (Wildman–Crippen LogP) is 0.483. The summed E-state index contributed by atoms with van der Waals surface area (Å²) in [6.45, 7) is 1.38. The Kier molecular flexibility index (Phi) is 3.69. The molecule has 0 fully saturated rings. The lowest BCUT2D eigenvalue weighted by Crippen LogP contribution is -2.16. The molecule has 0 spiro atoms. The molecule has 0 aliphatic carbocycles. The molecule has 1 aliphatic rings. The molecule has 0 saturated carbocycles. The van der Waals surface area contributed by atoms with Crippen molar-refractivity contribution in [2.75, 3.05) is 20.3 Å². The smallest absolute Gasteiger partial charge is 0.220 e. The molecule has 5 nitrogen and oxygen atoms in total. The summed E-state index contributed by atoms with van der Waals surface area (Å²) in [5, 5.41) is 8.78. The molecule has 0 atom stereocenters. The van der Waals surface area contributed by atoms with Gasteiger partial charge in [0, 0.05) is 25.0 Å². The number of nitrogens with zero attached hydrogens (tertiary/aromatic N) is 2. The molecule has 0 bridgehead atoms. The minimum atomic E-state index is 0.152. The second-order valence-corrected chi connectivity index (χ2v) is 3.70. The zero-order valence-corrected chi connectivity index (χ0v) is 9.40. The Hall–Kier alpha value is -1.20. The highest BCUT2D eigenvalue weighted by Gasteiger charge is 2.18. The van der Waals surface area contributed by atoms with Crippen LogP contribution in [0.5, 0.6) is 5.88 Å². The van der Waals surface area contributed by atoms with Gasteiger partial charge >= 0.3 is 0 Å². The first kappa shape index (κ1) is 11.3. The van der Waals surface area contributed by atoms with E-state index >= 15 is 0 Å². The third-order valence-corrected chi connectivity index (χ3v) is 2.59. The van der Waals surface area contributed by atoms with Crippen molar-refractivity contribution in [2.24, 2.45) is 0 Å². The molecule has 0 saturated heterocycles. The van der Waals surface area contributed by atoms with Crippen LogP contribution < -0.4 is 4.74 Å². The van der Waals surface area contributed by atoms with Crippen molar-refractivity contribution in [3.05, 3.63) is 17.1 Å². The molecule has 5 heteroatoms. The summed E-state index contributed by atoms with van der Waals surface area (Å²) in [6.07, 6.45) is 2.14. The van der Waals surface area contributed by atoms with Crippen LogP contribution in [-0.4, -0.2) is 35.4 Å². The molecule has 2 rings (SSSR count). The highest BCUT2D eigenvalue weighted by atomic mass is 16.5. The SMILES string of the molecule is COc1nc(CCCO)nc2c1CCOC2. The summed E-state index contributed by atoms with van der Waals surface area (Å²) in [5.41, 5.74) is 1.98. The van der Waals surface area contributed by atoms with E-state index in [0.29, 0.717) is 31.9 Å². The van der Waals surface area contributed by atoms with E-state index in [2.05, 4.69) is 9.97 Å². The van der Waals surface area contributed by atoms with E-state index in [1.165, 1.54) is 0 Å². The molecule has 1 aliphatic heterocycles. The fraction of sp³-hybridized carbons (Fsp3) is 0.636. The van der Waals surface area contributed by atoms with Crippen LogP contribution in [-0.2, 0) is 24.2 Å². The lowest BCUT2D eigenvalue weighted by Gasteiger charge is -2.18. The molecule has 0 radical (unpaired) electrons. The van der Waals surface area contributed by atoms with Crippen LogP contribution in [0.2, 0.25) is 0 Å². The highest BCUT2D eigenvalue weighted by molar-refractivity contribution is 5.32. The van der Waals surface area contributed by atoms with Gasteiger partial charge in [-0.2, -0.15) is 4.98 Å². The van der Waals surface area contributed by atoms with Gasteiger partial charge < -0.3 is 14.6 Å². The average molecular weight is 224 g/mol. The Labute approximate surface area is 94.4 Å². The van der Waals surface area contributed by atoms with Crippen molar-refractivity contribution < 1.29 is 14.6 Å². The fourth-order valence-electron chi connectivity index (χ4n) is 1.79. The van der Waals surface area contributed by atoms with Crippen LogP contribution in [0.25, 0.3) is 0 Å². The van der Waals surface area contributed by atoms with Gasteiger partial charge in [0.05, 0.1) is 26.0 Å². The Morgan fingerprint density at radius 3 is 3.06 bits per heavy atom. The molecule has 16 heavy (non-hydrogen) atoms. The second-order valence-electron chi connectivity index (χ2n) is 3.70. The molecule has 0 aromatic carbocycles. The summed E-state index contributed by atoms with van der Waals surface area (Å²) < 4.78 is 10.6. The Balaban J connectivity index is 2.28. The molecule has 88 valence electrons. The lowest BCUT2D eigenvalue weighted by molar-refractivity contribution is 0.105. The normalized spacial score (nSPS) is 14.6. The van der Waals surface area contributed by atoms with Crippen molar-refractivity contribution in [1.29, 1.82) is 0 Å². The monoisotopic (exact) mass is 224 g/mol. The van der Waals surface area contributed by atoms with Gasteiger partial charge in [-0.1, -0.05) is 0 Å². The number of aliphatic hydroxyl groups is 1. The van der Waals surface area contributed by atoms with Gasteiger partial charge in [0.15, 0.2) is 0 Å². The second kappa shape index (κ2) is 5.23. The van der Waals surface area contributed by atoms with Crippen molar-refractivity contribution >= 4 is 0 Å². The number of fused-ring (bicyclic) bond motifs is 1. The summed E-state index contributed by atoms with van der Waals surface area (Å²) in [5.74, 6) is 1.37. The van der Waals surface area contributed by atoms with Crippen LogP contribution in [0.3, 0.4) is 0 Å². The number of aromatic nitrogens is 2. The standard InChI is InChI=1S/C11H16N2O3/c1-15-11-8-4-6-16-7-9(8)12-10(13-11)3-2-5-14/h14H,2-7H2,1H3. The minimum absolute atomic E-state index is 0.152. The number of hydrogen-bond donors (Lipinski definition) is 1. The largest absolute Gasteiger partial charge is 0.481 e. The van der Waals surface area contributed by atoms with E-state index < -0.39 is 0 Å². The first-order chi connectivity index (χ1) is 7.85. The van der Waals surface area contributed by atoms with Crippen LogP contribution >= 0.6 is 0 Å². The number of methoxy groups -OCH3 is 1. The maximum Gasteiger partial charge on any atom is 0.220 e. The number of ether oxygens (including phenoxy) is 2. The van der Waals surface area contributed by atoms with E-state index in [9.17, 15) is 0 Å². The van der Waals surface area contributed by atoms with E-state index in [0.717, 1.165) is 23.5 Å². The maximum atomic E-state index is 8.78. The first-order valence-electron chi connectivity index (χ1n) is 5.46. The van der Waals surface area contributed by atoms with Gasteiger partial charge in [0.2, 0.25) is 5.88 Å². The van der Waals surface area contributed by atoms with Crippen molar-refractivity contribution in [2.45, 2.75) is 25.9 Å². The Morgan fingerprint density at radius 2 is 2.31 bits per heavy atom. The molecule has 0 amide bonds. The number of rotatable bonds is 4. The van der Waals surface area contributed by atoms with Gasteiger partial charge in [0.25, 0.3) is 0 Å². The van der Waals surface area contributed by atoms with Crippen molar-refractivity contribution in [3.63, 3.8) is 0 Å². The van der Waals surface area contributed by atoms with Crippen LogP contribution in [0.15, 0.2) is 0 Å². The zero-order chi connectivity index (χ0) is 11.4. The molecular weight excluding hydrogens is 208 g/mol. The molecule has 0 unspecified atom stereocenters. The predicted molar refractivity (Wildman–Crippen MR) is 57.4 cm³/mol. The number of hydrogen-bond acceptors (Lipinski definition) is 5. The third kappa shape index (κ3) is 2.31. The lowest BCUT2D eigenvalue weighted by atomic mass is 10.1. The van der Waals surface area contributed by atoms with Crippen LogP contribution in [0.1, 0.15) is 23.5 Å². The topological polar surface area (TPSA) is 64.5 Å². The fourth-order valence-corrected chi connectivity index (χ4v) is 1.79. The van der Waals surface area contributed by atoms with E-state index in [-0.39, 0.29) is 6.61 Å². The van der Waals surface area contributed by atoms with Gasteiger partial charge in [-0.05, 0) is 6.42 Å². The number of aryl methyl sites for hydroxylation is 1. The zero-order valence-electron chi connectivity index (χ0n) is 9.40. The summed E-state index contributed by atoms with van der Waals surface area (Å²) in [7, 11) is 1.62. The Morgan fingerprint density at radius 1 is 1.44 bits per heavy atom. The van der Waals surface area contributed by atoms with E-state index in [1.807, 2.05) is 0 Å². The molecule has 1 N–H and O–H groups in total. The van der Waals surface area contributed by atoms with Crippen LogP contribution in [0.4, 0.5) is 0 Å². The van der Waals surface area contributed by atoms with Crippen molar-refractivity contribution in [1.82, 2.24) is 9.97 Å². The molecular formula is C11H16N2O3. The van der Waals surface area contributed by atoms with Crippen molar-refractivity contribution in [3.8, 4) is 5.88 Å². The van der Waals surface area contributed by atoms with Crippen LogP contribution in [0, 0.1) is 0 Å². The van der Waals surface area contributed by atoms with Gasteiger partial charge in [-0.25, -0.2) is 4.98 Å². The maximum absolute atomic E-state index is 8.78. The molecule has 1 aromatic rings. The van der Waals surface area contributed by atoms with Gasteiger partial charge in [0.1, 0.15) is 5.82 Å². The Bertz CT molecular complexity index is 351. The van der Waals surface area contributed by atoms with E-state index in [1.54, 1.807) is 7.11 Å².